The van der Waals surface area contributed by atoms with Gasteiger partial charge in [0.2, 0.25) is 0 Å². The number of rotatable bonds is 4. The molecule has 0 amide bonds. The van der Waals surface area contributed by atoms with Gasteiger partial charge in [0.1, 0.15) is 4.60 Å². The maximum absolute atomic E-state index is 4.31. The lowest BCUT2D eigenvalue weighted by molar-refractivity contribution is 0.521. The van der Waals surface area contributed by atoms with Crippen LogP contribution >= 0.6 is 15.9 Å². The Labute approximate surface area is 87.6 Å². The lowest BCUT2D eigenvalue weighted by atomic mass is 10.2. The molecule has 1 N–H and O–H groups in total. The minimum absolute atomic E-state index is 0.415. The molecule has 0 aliphatic heterocycles. The van der Waals surface area contributed by atoms with E-state index in [1.165, 1.54) is 5.56 Å². The molecule has 3 nitrogen and oxygen atoms in total. The van der Waals surface area contributed by atoms with E-state index in [4.69, 9.17) is 0 Å². The van der Waals surface area contributed by atoms with Crippen molar-refractivity contribution in [3.63, 3.8) is 0 Å². The molecule has 1 aromatic rings. The summed E-state index contributed by atoms with van der Waals surface area (Å²) in [5.74, 6) is 0. The van der Waals surface area contributed by atoms with Gasteiger partial charge in [-0.2, -0.15) is 5.10 Å². The van der Waals surface area contributed by atoms with Crippen molar-refractivity contribution in [2.75, 3.05) is 13.6 Å². The van der Waals surface area contributed by atoms with Gasteiger partial charge in [-0.05, 0) is 49.8 Å². The molecule has 0 atom stereocenters. The van der Waals surface area contributed by atoms with Crippen molar-refractivity contribution >= 4 is 15.9 Å². The van der Waals surface area contributed by atoms with E-state index in [9.17, 15) is 0 Å². The number of hydrogen-bond donors (Lipinski definition) is 1. The van der Waals surface area contributed by atoms with Crippen LogP contribution < -0.4 is 5.32 Å². The van der Waals surface area contributed by atoms with E-state index in [1.807, 2.05) is 17.9 Å². The summed E-state index contributed by atoms with van der Waals surface area (Å²) in [6, 6.07) is 0.415. The first-order valence-corrected chi connectivity index (χ1v) is 5.32. The number of nitrogens with one attached hydrogen (secondary N) is 1. The van der Waals surface area contributed by atoms with E-state index in [0.29, 0.717) is 6.04 Å². The van der Waals surface area contributed by atoms with Crippen LogP contribution in [-0.4, -0.2) is 23.4 Å². The molecule has 74 valence electrons. The van der Waals surface area contributed by atoms with Crippen molar-refractivity contribution in [2.24, 2.45) is 0 Å². The SMILES string of the molecule is CNCCc1cnn(C(C)C)c1Br. The van der Waals surface area contributed by atoms with Crippen LogP contribution in [0.2, 0.25) is 0 Å². The van der Waals surface area contributed by atoms with Crippen molar-refractivity contribution in [1.82, 2.24) is 15.1 Å². The van der Waals surface area contributed by atoms with Crippen molar-refractivity contribution in [1.29, 1.82) is 0 Å². The molecule has 0 saturated heterocycles. The highest BCUT2D eigenvalue weighted by Gasteiger charge is 2.09. The molecular formula is C9H16BrN3. The van der Waals surface area contributed by atoms with Crippen molar-refractivity contribution in [3.8, 4) is 0 Å². The molecule has 0 saturated carbocycles. The lowest BCUT2D eigenvalue weighted by Crippen LogP contribution is -2.10. The zero-order valence-electron chi connectivity index (χ0n) is 8.34. The van der Waals surface area contributed by atoms with Gasteiger partial charge in [-0.1, -0.05) is 0 Å². The van der Waals surface area contributed by atoms with Crippen LogP contribution in [0.4, 0.5) is 0 Å². The Morgan fingerprint density at radius 3 is 2.77 bits per heavy atom. The monoisotopic (exact) mass is 245 g/mol. The molecule has 0 unspecified atom stereocenters. The zero-order chi connectivity index (χ0) is 9.84. The molecule has 0 bridgehead atoms. The Kier molecular flexibility index (Phi) is 3.93. The molecule has 0 spiro atoms. The van der Waals surface area contributed by atoms with Gasteiger partial charge in [0, 0.05) is 11.6 Å². The summed E-state index contributed by atoms with van der Waals surface area (Å²) in [4.78, 5) is 0. The van der Waals surface area contributed by atoms with E-state index in [0.717, 1.165) is 17.6 Å². The molecular weight excluding hydrogens is 230 g/mol. The fourth-order valence-corrected chi connectivity index (χ4v) is 1.97. The summed E-state index contributed by atoms with van der Waals surface area (Å²) < 4.78 is 3.10. The third kappa shape index (κ3) is 2.54. The first-order valence-electron chi connectivity index (χ1n) is 4.53. The standard InChI is InChI=1S/C9H16BrN3/c1-7(2)13-9(10)8(6-12-13)4-5-11-3/h6-7,11H,4-5H2,1-3H3. The lowest BCUT2D eigenvalue weighted by Gasteiger charge is -2.07. The van der Waals surface area contributed by atoms with Crippen LogP contribution in [0.5, 0.6) is 0 Å². The normalized spacial score (nSPS) is 11.2. The van der Waals surface area contributed by atoms with Crippen molar-refractivity contribution in [2.45, 2.75) is 26.3 Å². The van der Waals surface area contributed by atoms with Gasteiger partial charge >= 0.3 is 0 Å². The molecule has 1 heterocycles. The predicted octanol–water partition coefficient (Wildman–Crippen LogP) is 1.99. The van der Waals surface area contributed by atoms with Crippen LogP contribution in [0.15, 0.2) is 10.8 Å². The van der Waals surface area contributed by atoms with Crippen LogP contribution in [0.25, 0.3) is 0 Å². The highest BCUT2D eigenvalue weighted by molar-refractivity contribution is 9.10. The molecule has 4 heteroatoms. The molecule has 0 fully saturated rings. The third-order valence-electron chi connectivity index (χ3n) is 1.94. The number of hydrogen-bond acceptors (Lipinski definition) is 2. The molecule has 1 rings (SSSR count). The molecule has 1 aromatic heterocycles. The van der Waals surface area contributed by atoms with E-state index in [2.05, 4.69) is 40.2 Å². The van der Waals surface area contributed by atoms with Gasteiger partial charge in [0.15, 0.2) is 0 Å². The molecule has 0 aliphatic carbocycles. The second kappa shape index (κ2) is 4.77. The van der Waals surface area contributed by atoms with Crippen LogP contribution in [0.1, 0.15) is 25.5 Å². The smallest absolute Gasteiger partial charge is 0.107 e. The van der Waals surface area contributed by atoms with Crippen LogP contribution in [0, 0.1) is 0 Å². The minimum Gasteiger partial charge on any atom is -0.319 e. The van der Waals surface area contributed by atoms with Crippen LogP contribution in [0.3, 0.4) is 0 Å². The number of aromatic nitrogens is 2. The van der Waals surface area contributed by atoms with E-state index in [1.54, 1.807) is 0 Å². The summed E-state index contributed by atoms with van der Waals surface area (Å²) >= 11 is 3.55. The largest absolute Gasteiger partial charge is 0.319 e. The Balaban J connectivity index is 2.74. The Hall–Kier alpha value is -0.350. The average Bonchev–Trinajstić information content (AvgIpc) is 2.43. The quantitative estimate of drug-likeness (QED) is 0.880. The van der Waals surface area contributed by atoms with Gasteiger partial charge in [0.25, 0.3) is 0 Å². The molecule has 13 heavy (non-hydrogen) atoms. The fourth-order valence-electron chi connectivity index (χ4n) is 1.17. The highest BCUT2D eigenvalue weighted by Crippen LogP contribution is 2.20. The average molecular weight is 246 g/mol. The van der Waals surface area contributed by atoms with Gasteiger partial charge in [-0.3, -0.25) is 4.68 Å². The number of likely N-dealkylation sites (N-methyl/N-ethyl adjacent to an activating group) is 1. The maximum Gasteiger partial charge on any atom is 0.107 e. The molecule has 0 aromatic carbocycles. The van der Waals surface area contributed by atoms with E-state index >= 15 is 0 Å². The maximum atomic E-state index is 4.31. The van der Waals surface area contributed by atoms with Gasteiger partial charge in [0.05, 0.1) is 6.20 Å². The second-order valence-electron chi connectivity index (χ2n) is 3.35. The highest BCUT2D eigenvalue weighted by atomic mass is 79.9. The number of halogens is 1. The topological polar surface area (TPSA) is 29.9 Å². The minimum atomic E-state index is 0.415. The summed E-state index contributed by atoms with van der Waals surface area (Å²) in [6.07, 6.45) is 2.95. The Morgan fingerprint density at radius 2 is 2.31 bits per heavy atom. The van der Waals surface area contributed by atoms with Crippen molar-refractivity contribution in [3.05, 3.63) is 16.4 Å². The summed E-state index contributed by atoms with van der Waals surface area (Å²) in [6.45, 7) is 5.24. The van der Waals surface area contributed by atoms with Crippen molar-refractivity contribution < 1.29 is 0 Å². The van der Waals surface area contributed by atoms with Gasteiger partial charge < -0.3 is 5.32 Å². The van der Waals surface area contributed by atoms with Gasteiger partial charge in [-0.15, -0.1) is 0 Å². The summed E-state index contributed by atoms with van der Waals surface area (Å²) in [5, 5.41) is 7.43. The van der Waals surface area contributed by atoms with Crippen LogP contribution in [-0.2, 0) is 6.42 Å². The first kappa shape index (κ1) is 10.7. The molecule has 0 aliphatic rings. The third-order valence-corrected chi connectivity index (χ3v) is 2.81. The van der Waals surface area contributed by atoms with Gasteiger partial charge in [-0.25, -0.2) is 0 Å². The number of nitrogens with zero attached hydrogens (tertiary/aromatic N) is 2. The fraction of sp³-hybridized carbons (Fsp3) is 0.667. The Morgan fingerprint density at radius 1 is 1.62 bits per heavy atom. The van der Waals surface area contributed by atoms with E-state index < -0.39 is 0 Å². The summed E-state index contributed by atoms with van der Waals surface area (Å²) in [5.41, 5.74) is 1.27. The zero-order valence-corrected chi connectivity index (χ0v) is 9.93. The molecule has 0 radical (unpaired) electrons. The predicted molar refractivity (Wildman–Crippen MR) is 57.9 cm³/mol. The van der Waals surface area contributed by atoms with E-state index in [-0.39, 0.29) is 0 Å². The Bertz CT molecular complexity index is 268. The first-order chi connectivity index (χ1) is 6.16. The summed E-state index contributed by atoms with van der Waals surface area (Å²) in [7, 11) is 1.96. The second-order valence-corrected chi connectivity index (χ2v) is 4.10.